The molecule has 4 nitrogen and oxygen atoms in total. The van der Waals surface area contributed by atoms with Crippen molar-refractivity contribution >= 4 is 17.3 Å². The Morgan fingerprint density at radius 2 is 2.44 bits per heavy atom. The number of nitrogens with zero attached hydrogens (tertiary/aromatic N) is 1. The second kappa shape index (κ2) is 6.62. The van der Waals surface area contributed by atoms with Gasteiger partial charge in [0, 0.05) is 18.0 Å². The van der Waals surface area contributed by atoms with Gasteiger partial charge in [-0.3, -0.25) is 4.79 Å². The van der Waals surface area contributed by atoms with Crippen LogP contribution in [0.25, 0.3) is 0 Å². The fourth-order valence-corrected chi connectivity index (χ4v) is 2.15. The van der Waals surface area contributed by atoms with Gasteiger partial charge in [-0.2, -0.15) is 0 Å². The SMILES string of the molecule is CNC(CN(C)CCc1cccs1)C(=O)O. The zero-order chi connectivity index (χ0) is 12.0. The molecule has 0 fully saturated rings. The van der Waals surface area contributed by atoms with Crippen molar-refractivity contribution in [1.29, 1.82) is 0 Å². The molecule has 0 saturated heterocycles. The van der Waals surface area contributed by atoms with Crippen molar-refractivity contribution in [2.45, 2.75) is 12.5 Å². The molecule has 0 aromatic carbocycles. The minimum Gasteiger partial charge on any atom is -0.480 e. The van der Waals surface area contributed by atoms with Crippen LogP contribution in [-0.4, -0.2) is 49.2 Å². The predicted octanol–water partition coefficient (Wildman–Crippen LogP) is 0.895. The Bertz CT molecular complexity index is 314. The third kappa shape index (κ3) is 4.30. The fraction of sp³-hybridized carbons (Fsp3) is 0.545. The molecule has 0 saturated carbocycles. The molecule has 2 N–H and O–H groups in total. The highest BCUT2D eigenvalue weighted by Gasteiger charge is 2.16. The number of carbonyl (C=O) groups is 1. The zero-order valence-corrected chi connectivity index (χ0v) is 10.5. The monoisotopic (exact) mass is 242 g/mol. The van der Waals surface area contributed by atoms with Gasteiger partial charge in [-0.05, 0) is 32.0 Å². The summed E-state index contributed by atoms with van der Waals surface area (Å²) in [6, 6.07) is 3.65. The van der Waals surface area contributed by atoms with E-state index in [1.165, 1.54) is 4.88 Å². The van der Waals surface area contributed by atoms with E-state index in [1.807, 2.05) is 18.0 Å². The summed E-state index contributed by atoms with van der Waals surface area (Å²) < 4.78 is 0. The van der Waals surface area contributed by atoms with E-state index in [2.05, 4.69) is 16.8 Å². The third-order valence-corrected chi connectivity index (χ3v) is 3.40. The first-order valence-corrected chi connectivity index (χ1v) is 6.12. The molecule has 0 radical (unpaired) electrons. The Balaban J connectivity index is 2.29. The molecular formula is C11H18N2O2S. The molecular weight excluding hydrogens is 224 g/mol. The molecule has 1 aromatic heterocycles. The van der Waals surface area contributed by atoms with Crippen LogP contribution >= 0.6 is 11.3 Å². The molecule has 1 atom stereocenters. The van der Waals surface area contributed by atoms with Gasteiger partial charge in [0.2, 0.25) is 0 Å². The van der Waals surface area contributed by atoms with Crippen LogP contribution in [0, 0.1) is 0 Å². The molecule has 1 aromatic rings. The first kappa shape index (κ1) is 13.2. The third-order valence-electron chi connectivity index (χ3n) is 2.46. The number of hydrogen-bond acceptors (Lipinski definition) is 4. The molecule has 0 aliphatic carbocycles. The molecule has 0 aliphatic heterocycles. The van der Waals surface area contributed by atoms with Gasteiger partial charge in [0.05, 0.1) is 0 Å². The van der Waals surface area contributed by atoms with E-state index in [0.29, 0.717) is 6.54 Å². The summed E-state index contributed by atoms with van der Waals surface area (Å²) in [6.07, 6.45) is 0.976. The zero-order valence-electron chi connectivity index (χ0n) is 9.64. The average Bonchev–Trinajstić information content (AvgIpc) is 2.75. The largest absolute Gasteiger partial charge is 0.480 e. The number of thiophene rings is 1. The van der Waals surface area contributed by atoms with Gasteiger partial charge in [-0.25, -0.2) is 0 Å². The van der Waals surface area contributed by atoms with Gasteiger partial charge in [0.1, 0.15) is 6.04 Å². The summed E-state index contributed by atoms with van der Waals surface area (Å²) in [6.45, 7) is 1.41. The molecule has 1 heterocycles. The van der Waals surface area contributed by atoms with E-state index in [9.17, 15) is 4.79 Å². The molecule has 0 spiro atoms. The Labute approximate surface area is 99.9 Å². The van der Waals surface area contributed by atoms with Crippen LogP contribution in [0.3, 0.4) is 0 Å². The van der Waals surface area contributed by atoms with E-state index >= 15 is 0 Å². The standard InChI is InChI=1S/C11H18N2O2S/c1-12-10(11(14)15)8-13(2)6-5-9-4-3-7-16-9/h3-4,7,10,12H,5-6,8H2,1-2H3,(H,14,15). The molecule has 0 bridgehead atoms. The Morgan fingerprint density at radius 3 is 2.94 bits per heavy atom. The maximum Gasteiger partial charge on any atom is 0.322 e. The fourth-order valence-electron chi connectivity index (χ4n) is 1.45. The smallest absolute Gasteiger partial charge is 0.322 e. The number of nitrogens with one attached hydrogen (secondary N) is 1. The van der Waals surface area contributed by atoms with Crippen molar-refractivity contribution in [2.24, 2.45) is 0 Å². The lowest BCUT2D eigenvalue weighted by Crippen LogP contribution is -2.43. The number of rotatable bonds is 7. The highest BCUT2D eigenvalue weighted by Crippen LogP contribution is 2.09. The maximum absolute atomic E-state index is 10.8. The normalized spacial score (nSPS) is 12.9. The van der Waals surface area contributed by atoms with Crippen molar-refractivity contribution in [3.05, 3.63) is 22.4 Å². The minimum atomic E-state index is -0.800. The molecule has 90 valence electrons. The van der Waals surface area contributed by atoms with Gasteiger partial charge in [-0.15, -0.1) is 11.3 Å². The molecule has 0 amide bonds. The summed E-state index contributed by atoms with van der Waals surface area (Å²) in [5.74, 6) is -0.800. The highest BCUT2D eigenvalue weighted by atomic mass is 32.1. The minimum absolute atomic E-state index is 0.492. The first-order valence-electron chi connectivity index (χ1n) is 5.24. The van der Waals surface area contributed by atoms with Crippen molar-refractivity contribution in [2.75, 3.05) is 27.2 Å². The summed E-state index contributed by atoms with van der Waals surface area (Å²) in [4.78, 5) is 14.2. The van der Waals surface area contributed by atoms with Crippen LogP contribution in [0.5, 0.6) is 0 Å². The van der Waals surface area contributed by atoms with Crippen molar-refractivity contribution in [3.63, 3.8) is 0 Å². The van der Waals surface area contributed by atoms with E-state index in [-0.39, 0.29) is 0 Å². The number of likely N-dealkylation sites (N-methyl/N-ethyl adjacent to an activating group) is 2. The predicted molar refractivity (Wildman–Crippen MR) is 66.0 cm³/mol. The van der Waals surface area contributed by atoms with E-state index in [1.54, 1.807) is 18.4 Å². The van der Waals surface area contributed by atoms with Gasteiger partial charge in [0.25, 0.3) is 0 Å². The summed E-state index contributed by atoms with van der Waals surface area (Å²) in [7, 11) is 3.62. The van der Waals surface area contributed by atoms with Crippen LogP contribution in [0.15, 0.2) is 17.5 Å². The topological polar surface area (TPSA) is 52.6 Å². The van der Waals surface area contributed by atoms with E-state index in [0.717, 1.165) is 13.0 Å². The maximum atomic E-state index is 10.8. The lowest BCUT2D eigenvalue weighted by atomic mass is 10.2. The van der Waals surface area contributed by atoms with Crippen molar-refractivity contribution in [1.82, 2.24) is 10.2 Å². The lowest BCUT2D eigenvalue weighted by molar-refractivity contribution is -0.139. The summed E-state index contributed by atoms with van der Waals surface area (Å²) in [5.41, 5.74) is 0. The van der Waals surface area contributed by atoms with E-state index in [4.69, 9.17) is 5.11 Å². The van der Waals surface area contributed by atoms with Crippen LogP contribution in [0.1, 0.15) is 4.88 Å². The van der Waals surface area contributed by atoms with Crippen molar-refractivity contribution < 1.29 is 9.90 Å². The first-order chi connectivity index (χ1) is 7.63. The quantitative estimate of drug-likeness (QED) is 0.746. The lowest BCUT2D eigenvalue weighted by Gasteiger charge is -2.20. The molecule has 1 unspecified atom stereocenters. The highest BCUT2D eigenvalue weighted by molar-refractivity contribution is 7.09. The van der Waals surface area contributed by atoms with Crippen LogP contribution < -0.4 is 5.32 Å². The molecule has 5 heteroatoms. The van der Waals surface area contributed by atoms with Crippen molar-refractivity contribution in [3.8, 4) is 0 Å². The number of carboxylic acid groups (broad SMARTS) is 1. The Morgan fingerprint density at radius 1 is 1.69 bits per heavy atom. The number of carboxylic acids is 1. The van der Waals surface area contributed by atoms with E-state index < -0.39 is 12.0 Å². The molecule has 0 aliphatic rings. The van der Waals surface area contributed by atoms with Crippen LogP contribution in [-0.2, 0) is 11.2 Å². The average molecular weight is 242 g/mol. The number of aliphatic carboxylic acids is 1. The van der Waals surface area contributed by atoms with Gasteiger partial charge in [-0.1, -0.05) is 6.07 Å². The second-order valence-electron chi connectivity index (χ2n) is 3.77. The summed E-state index contributed by atoms with van der Waals surface area (Å²) >= 11 is 1.74. The van der Waals surface area contributed by atoms with Crippen LogP contribution in [0.2, 0.25) is 0 Å². The summed E-state index contributed by atoms with van der Waals surface area (Å²) in [5, 5.41) is 13.7. The second-order valence-corrected chi connectivity index (χ2v) is 4.80. The Kier molecular flexibility index (Phi) is 5.45. The van der Waals surface area contributed by atoms with Gasteiger partial charge in [0.15, 0.2) is 0 Å². The molecule has 16 heavy (non-hydrogen) atoms. The molecule has 1 rings (SSSR count). The van der Waals surface area contributed by atoms with Gasteiger partial charge < -0.3 is 15.3 Å². The number of hydrogen-bond donors (Lipinski definition) is 2. The van der Waals surface area contributed by atoms with Gasteiger partial charge >= 0.3 is 5.97 Å². The Hall–Kier alpha value is -0.910. The van der Waals surface area contributed by atoms with Crippen LogP contribution in [0.4, 0.5) is 0 Å².